The molecule has 0 bridgehead atoms. The highest BCUT2D eigenvalue weighted by molar-refractivity contribution is 6.30. The van der Waals surface area contributed by atoms with Gasteiger partial charge in [0.1, 0.15) is 12.4 Å². The normalized spacial score (nSPS) is 14.2. The Labute approximate surface area is 123 Å². The fourth-order valence-corrected chi connectivity index (χ4v) is 2.76. The van der Waals surface area contributed by atoms with Gasteiger partial charge in [-0.1, -0.05) is 17.7 Å². The van der Waals surface area contributed by atoms with Crippen LogP contribution in [0.3, 0.4) is 0 Å². The van der Waals surface area contributed by atoms with Crippen LogP contribution in [0.25, 0.3) is 0 Å². The van der Waals surface area contributed by atoms with Gasteiger partial charge in [-0.2, -0.15) is 0 Å². The van der Waals surface area contributed by atoms with Crippen LogP contribution in [0.5, 0.6) is 0 Å². The maximum absolute atomic E-state index is 9.21. The van der Waals surface area contributed by atoms with Crippen LogP contribution in [0.2, 0.25) is 5.02 Å². The molecule has 0 atom stereocenters. The molecule has 1 N–H and O–H groups in total. The van der Waals surface area contributed by atoms with Gasteiger partial charge in [-0.05, 0) is 36.6 Å². The second-order valence-corrected chi connectivity index (χ2v) is 5.46. The van der Waals surface area contributed by atoms with Gasteiger partial charge in [0.05, 0.1) is 0 Å². The fourth-order valence-electron chi connectivity index (χ4n) is 2.56. The number of nitrogens with zero attached hydrogens (tertiary/aromatic N) is 3. The lowest BCUT2D eigenvalue weighted by molar-refractivity contribution is 0.271. The zero-order chi connectivity index (χ0) is 14.1. The smallest absolute Gasteiger partial charge is 0.156 e. The molecular formula is C15H16ClN3O. The summed E-state index contributed by atoms with van der Waals surface area (Å²) in [5.74, 6) is 1.35. The summed E-state index contributed by atoms with van der Waals surface area (Å²) in [6.45, 7) is 3.50. The minimum Gasteiger partial charge on any atom is -0.388 e. The first-order chi connectivity index (χ1) is 9.65. The lowest BCUT2D eigenvalue weighted by atomic mass is 10.00. The third-order valence-corrected chi connectivity index (χ3v) is 3.77. The third kappa shape index (κ3) is 2.62. The predicted molar refractivity (Wildman–Crippen MR) is 78.9 cm³/mol. The van der Waals surface area contributed by atoms with Gasteiger partial charge in [0.2, 0.25) is 0 Å². The van der Waals surface area contributed by atoms with Gasteiger partial charge in [0, 0.05) is 29.9 Å². The first-order valence-electron chi connectivity index (χ1n) is 6.63. The zero-order valence-corrected chi connectivity index (χ0v) is 12.1. The van der Waals surface area contributed by atoms with Crippen molar-refractivity contribution < 1.29 is 5.11 Å². The highest BCUT2D eigenvalue weighted by Gasteiger charge is 2.18. The number of aliphatic hydroxyl groups is 1. The molecule has 0 radical (unpaired) electrons. The molecule has 2 heterocycles. The van der Waals surface area contributed by atoms with Crippen molar-refractivity contribution in [3.8, 4) is 0 Å². The number of hydrogen-bond donors (Lipinski definition) is 1. The summed E-state index contributed by atoms with van der Waals surface area (Å²) >= 11 is 6.03. The maximum atomic E-state index is 9.21. The number of benzene rings is 1. The highest BCUT2D eigenvalue weighted by atomic mass is 35.5. The van der Waals surface area contributed by atoms with E-state index in [1.54, 1.807) is 0 Å². The van der Waals surface area contributed by atoms with Gasteiger partial charge in [-0.3, -0.25) is 0 Å². The third-order valence-electron chi connectivity index (χ3n) is 3.53. The van der Waals surface area contributed by atoms with Crippen LogP contribution in [0.4, 0.5) is 5.82 Å². The molecule has 0 unspecified atom stereocenters. The van der Waals surface area contributed by atoms with E-state index in [2.05, 4.69) is 20.9 Å². The molecule has 4 nitrogen and oxygen atoms in total. The van der Waals surface area contributed by atoms with Crippen molar-refractivity contribution in [2.75, 3.05) is 11.4 Å². The summed E-state index contributed by atoms with van der Waals surface area (Å²) in [7, 11) is 0. The summed E-state index contributed by atoms with van der Waals surface area (Å²) in [4.78, 5) is 10.8. The Hall–Kier alpha value is -1.65. The molecule has 0 aliphatic carbocycles. The van der Waals surface area contributed by atoms with Gasteiger partial charge in [-0.25, -0.2) is 9.97 Å². The lowest BCUT2D eigenvalue weighted by Gasteiger charge is -2.30. The van der Waals surface area contributed by atoms with E-state index in [4.69, 9.17) is 11.6 Å². The Balaban J connectivity index is 1.90. The fraction of sp³-hybridized carbons (Fsp3) is 0.333. The standard InChI is InChI=1S/C15H16ClN3O/c1-10-6-15(18-14(9-20)17-10)19-5-4-11-7-13(16)3-2-12(11)8-19/h2-3,6-7,20H,4-5,8-9H2,1H3. The van der Waals surface area contributed by atoms with Gasteiger partial charge in [0.15, 0.2) is 5.82 Å². The van der Waals surface area contributed by atoms with Crippen LogP contribution in [0, 0.1) is 6.92 Å². The van der Waals surface area contributed by atoms with Crippen molar-refractivity contribution in [1.29, 1.82) is 0 Å². The molecule has 1 aliphatic heterocycles. The highest BCUT2D eigenvalue weighted by Crippen LogP contribution is 2.25. The van der Waals surface area contributed by atoms with Crippen molar-refractivity contribution in [2.45, 2.75) is 26.5 Å². The molecule has 3 rings (SSSR count). The predicted octanol–water partition coefficient (Wildman–Crippen LogP) is 2.49. The van der Waals surface area contributed by atoms with E-state index in [9.17, 15) is 5.11 Å². The van der Waals surface area contributed by atoms with Crippen molar-refractivity contribution in [3.05, 3.63) is 51.9 Å². The Morgan fingerprint density at radius 2 is 2.10 bits per heavy atom. The lowest BCUT2D eigenvalue weighted by Crippen LogP contribution is -2.31. The van der Waals surface area contributed by atoms with E-state index < -0.39 is 0 Å². The summed E-state index contributed by atoms with van der Waals surface area (Å²) in [5.41, 5.74) is 3.46. The van der Waals surface area contributed by atoms with Crippen molar-refractivity contribution in [1.82, 2.24) is 9.97 Å². The van der Waals surface area contributed by atoms with Crippen LogP contribution in [-0.4, -0.2) is 21.6 Å². The summed E-state index contributed by atoms with van der Waals surface area (Å²) in [6, 6.07) is 8.00. The molecule has 1 aliphatic rings. The maximum Gasteiger partial charge on any atom is 0.156 e. The minimum atomic E-state index is -0.130. The second-order valence-electron chi connectivity index (χ2n) is 5.03. The Bertz CT molecular complexity index is 645. The topological polar surface area (TPSA) is 49.2 Å². The molecule has 1 aromatic carbocycles. The monoisotopic (exact) mass is 289 g/mol. The largest absolute Gasteiger partial charge is 0.388 e. The van der Waals surface area contributed by atoms with E-state index in [0.29, 0.717) is 5.82 Å². The van der Waals surface area contributed by atoms with Crippen molar-refractivity contribution >= 4 is 17.4 Å². The number of aryl methyl sites for hydroxylation is 1. The van der Waals surface area contributed by atoms with Gasteiger partial charge >= 0.3 is 0 Å². The van der Waals surface area contributed by atoms with Gasteiger partial charge in [-0.15, -0.1) is 0 Å². The van der Waals surface area contributed by atoms with Crippen molar-refractivity contribution in [3.63, 3.8) is 0 Å². The number of aliphatic hydroxyl groups excluding tert-OH is 1. The number of rotatable bonds is 2. The Morgan fingerprint density at radius 3 is 2.90 bits per heavy atom. The first kappa shape index (κ1) is 13.3. The molecule has 104 valence electrons. The number of aromatic nitrogens is 2. The molecule has 20 heavy (non-hydrogen) atoms. The summed E-state index contributed by atoms with van der Waals surface area (Å²) in [5, 5.41) is 10.0. The van der Waals surface area contributed by atoms with E-state index in [1.807, 2.05) is 25.1 Å². The second kappa shape index (κ2) is 5.38. The average Bonchev–Trinajstić information content (AvgIpc) is 2.46. The van der Waals surface area contributed by atoms with Gasteiger partial charge in [0.25, 0.3) is 0 Å². The first-order valence-corrected chi connectivity index (χ1v) is 7.01. The van der Waals surface area contributed by atoms with Crippen LogP contribution < -0.4 is 4.90 Å². The number of fused-ring (bicyclic) bond motifs is 1. The van der Waals surface area contributed by atoms with E-state index >= 15 is 0 Å². The quantitative estimate of drug-likeness (QED) is 0.923. The molecule has 0 spiro atoms. The van der Waals surface area contributed by atoms with E-state index in [0.717, 1.165) is 36.0 Å². The minimum absolute atomic E-state index is 0.130. The van der Waals surface area contributed by atoms with Gasteiger partial charge < -0.3 is 10.0 Å². The van der Waals surface area contributed by atoms with Crippen LogP contribution in [0.15, 0.2) is 24.3 Å². The Kier molecular flexibility index (Phi) is 3.59. The molecular weight excluding hydrogens is 274 g/mol. The van der Waals surface area contributed by atoms with Crippen molar-refractivity contribution in [2.24, 2.45) is 0 Å². The average molecular weight is 290 g/mol. The number of halogens is 1. The molecule has 0 saturated heterocycles. The number of anilines is 1. The van der Waals surface area contributed by atoms with Crippen LogP contribution in [0.1, 0.15) is 22.6 Å². The molecule has 0 amide bonds. The SMILES string of the molecule is Cc1cc(N2CCc3cc(Cl)ccc3C2)nc(CO)n1. The summed E-state index contributed by atoms with van der Waals surface area (Å²) in [6.07, 6.45) is 0.952. The molecule has 0 saturated carbocycles. The zero-order valence-electron chi connectivity index (χ0n) is 11.3. The number of hydrogen-bond acceptors (Lipinski definition) is 4. The molecule has 0 fully saturated rings. The van der Waals surface area contributed by atoms with Crippen LogP contribution in [-0.2, 0) is 19.6 Å². The Morgan fingerprint density at radius 1 is 1.25 bits per heavy atom. The summed E-state index contributed by atoms with van der Waals surface area (Å²) < 4.78 is 0. The molecule has 5 heteroatoms. The van der Waals surface area contributed by atoms with Crippen LogP contribution >= 0.6 is 11.6 Å². The van der Waals surface area contributed by atoms with E-state index in [1.165, 1.54) is 11.1 Å². The van der Waals surface area contributed by atoms with E-state index in [-0.39, 0.29) is 6.61 Å². The molecule has 2 aromatic rings. The molecule has 1 aromatic heterocycles.